The second kappa shape index (κ2) is 3.84. The molecule has 6 heteroatoms. The lowest BCUT2D eigenvalue weighted by molar-refractivity contribution is 0.0614. The van der Waals surface area contributed by atoms with E-state index in [0.717, 1.165) is 30.5 Å². The highest BCUT2D eigenvalue weighted by molar-refractivity contribution is 6.29. The molecule has 2 unspecified atom stereocenters. The molecule has 1 aromatic heterocycles. The number of hydrogen-bond donors (Lipinski definition) is 1. The number of aromatic nitrogens is 2. The first-order chi connectivity index (χ1) is 8.16. The van der Waals surface area contributed by atoms with E-state index in [-0.39, 0.29) is 12.1 Å². The van der Waals surface area contributed by atoms with Crippen LogP contribution in [0.15, 0.2) is 6.07 Å². The van der Waals surface area contributed by atoms with E-state index in [4.69, 9.17) is 11.6 Å². The third-order valence-electron chi connectivity index (χ3n) is 3.63. The van der Waals surface area contributed by atoms with Gasteiger partial charge in [0.05, 0.1) is 11.7 Å². The lowest BCUT2D eigenvalue weighted by Crippen LogP contribution is -2.49. The fourth-order valence-corrected chi connectivity index (χ4v) is 3.11. The van der Waals surface area contributed by atoms with Gasteiger partial charge in [0, 0.05) is 18.0 Å². The molecule has 90 valence electrons. The third-order valence-corrected chi connectivity index (χ3v) is 3.81. The van der Waals surface area contributed by atoms with E-state index >= 15 is 0 Å². The van der Waals surface area contributed by atoms with Crippen LogP contribution in [-0.2, 0) is 6.42 Å². The van der Waals surface area contributed by atoms with Crippen molar-refractivity contribution in [2.45, 2.75) is 37.8 Å². The second-order valence-corrected chi connectivity index (χ2v) is 4.95. The number of carbonyl (C=O) groups is 1. The maximum absolute atomic E-state index is 11.3. The van der Waals surface area contributed by atoms with Crippen molar-refractivity contribution in [2.24, 2.45) is 0 Å². The van der Waals surface area contributed by atoms with Crippen molar-refractivity contribution < 1.29 is 9.90 Å². The number of hydrogen-bond acceptors (Lipinski definition) is 3. The molecule has 3 heterocycles. The van der Waals surface area contributed by atoms with Gasteiger partial charge in [0.1, 0.15) is 0 Å². The smallest absolute Gasteiger partial charge is 0.408 e. The van der Waals surface area contributed by atoms with Gasteiger partial charge in [-0.1, -0.05) is 11.6 Å². The van der Waals surface area contributed by atoms with Gasteiger partial charge in [-0.3, -0.25) is 4.90 Å². The van der Waals surface area contributed by atoms with Gasteiger partial charge in [-0.2, -0.15) is 5.10 Å². The Bertz CT molecular complexity index is 480. The number of piperidine rings is 1. The molecule has 1 fully saturated rings. The Morgan fingerprint density at radius 1 is 1.47 bits per heavy atom. The molecule has 3 rings (SSSR count). The number of rotatable bonds is 0. The molecule has 1 amide bonds. The Labute approximate surface area is 103 Å². The van der Waals surface area contributed by atoms with Crippen molar-refractivity contribution in [1.82, 2.24) is 15.1 Å². The van der Waals surface area contributed by atoms with Crippen LogP contribution in [0.3, 0.4) is 0 Å². The van der Waals surface area contributed by atoms with E-state index in [1.54, 1.807) is 11.0 Å². The first-order valence-electron chi connectivity index (χ1n) is 5.70. The summed E-state index contributed by atoms with van der Waals surface area (Å²) >= 11 is 5.84. The van der Waals surface area contributed by atoms with E-state index in [1.165, 1.54) is 0 Å². The summed E-state index contributed by atoms with van der Waals surface area (Å²) in [6.07, 6.45) is 2.61. The summed E-state index contributed by atoms with van der Waals surface area (Å²) in [5.41, 5.74) is 1.84. The minimum absolute atomic E-state index is 0.0502. The zero-order chi connectivity index (χ0) is 12.0. The minimum Gasteiger partial charge on any atom is -0.465 e. The molecule has 2 bridgehead atoms. The van der Waals surface area contributed by atoms with Crippen molar-refractivity contribution >= 4 is 17.7 Å². The van der Waals surface area contributed by atoms with Crippen molar-refractivity contribution in [3.63, 3.8) is 0 Å². The van der Waals surface area contributed by atoms with E-state index in [9.17, 15) is 9.90 Å². The monoisotopic (exact) mass is 253 g/mol. The van der Waals surface area contributed by atoms with Crippen LogP contribution in [0.25, 0.3) is 0 Å². The van der Waals surface area contributed by atoms with Gasteiger partial charge in [0.25, 0.3) is 0 Å². The normalized spacial score (nSPS) is 26.5. The van der Waals surface area contributed by atoms with Gasteiger partial charge < -0.3 is 5.11 Å². The highest BCUT2D eigenvalue weighted by atomic mass is 35.5. The van der Waals surface area contributed by atoms with Gasteiger partial charge in [-0.15, -0.1) is 5.10 Å². The molecule has 0 radical (unpaired) electrons. The van der Waals surface area contributed by atoms with E-state index in [2.05, 4.69) is 10.2 Å². The number of fused-ring (bicyclic) bond motifs is 4. The van der Waals surface area contributed by atoms with Crippen LogP contribution in [0, 0.1) is 0 Å². The zero-order valence-electron chi connectivity index (χ0n) is 9.14. The van der Waals surface area contributed by atoms with Gasteiger partial charge in [-0.25, -0.2) is 4.79 Å². The maximum atomic E-state index is 11.3. The average Bonchev–Trinajstić information content (AvgIpc) is 2.29. The van der Waals surface area contributed by atoms with Gasteiger partial charge in [0.2, 0.25) is 0 Å². The highest BCUT2D eigenvalue weighted by Gasteiger charge is 2.41. The minimum atomic E-state index is -0.849. The number of amides is 1. The summed E-state index contributed by atoms with van der Waals surface area (Å²) in [7, 11) is 0. The molecule has 0 aromatic carbocycles. The molecule has 0 spiro atoms. The lowest BCUT2D eigenvalue weighted by Gasteiger charge is -2.44. The summed E-state index contributed by atoms with van der Waals surface area (Å²) in [6.45, 7) is 0. The fraction of sp³-hybridized carbons (Fsp3) is 0.545. The van der Waals surface area contributed by atoms with Gasteiger partial charge in [-0.05, 0) is 25.3 Å². The summed E-state index contributed by atoms with van der Waals surface area (Å²) < 4.78 is 0. The van der Waals surface area contributed by atoms with Gasteiger partial charge in [0.15, 0.2) is 5.15 Å². The fourth-order valence-electron chi connectivity index (χ4n) is 2.95. The Hall–Kier alpha value is -1.36. The standard InChI is InChI=1S/C11H12ClN3O2/c12-10-5-7-8(13-14-10)4-6-2-1-3-9(7)15(6)11(16)17/h5-6,9H,1-4H2,(H,16,17). The maximum Gasteiger partial charge on any atom is 0.408 e. The number of halogens is 1. The molecule has 1 saturated heterocycles. The summed E-state index contributed by atoms with van der Waals surface area (Å²) in [5, 5.41) is 17.6. The highest BCUT2D eigenvalue weighted by Crippen LogP contribution is 2.41. The molecule has 1 N–H and O–H groups in total. The quantitative estimate of drug-likeness (QED) is 0.770. The predicted molar refractivity (Wildman–Crippen MR) is 61.0 cm³/mol. The molecular formula is C11H12ClN3O2. The molecule has 17 heavy (non-hydrogen) atoms. The molecule has 0 saturated carbocycles. The van der Waals surface area contributed by atoms with Crippen LogP contribution in [0.5, 0.6) is 0 Å². The van der Waals surface area contributed by atoms with Crippen LogP contribution in [0.4, 0.5) is 4.79 Å². The van der Waals surface area contributed by atoms with Crippen molar-refractivity contribution in [1.29, 1.82) is 0 Å². The Morgan fingerprint density at radius 3 is 3.06 bits per heavy atom. The Kier molecular flexibility index (Phi) is 2.43. The van der Waals surface area contributed by atoms with Gasteiger partial charge >= 0.3 is 6.09 Å². The average molecular weight is 254 g/mol. The zero-order valence-corrected chi connectivity index (χ0v) is 9.89. The SMILES string of the molecule is O=C(O)N1C2CCCC1c1cc(Cl)nnc1C2. The van der Waals surface area contributed by atoms with Crippen LogP contribution in [-0.4, -0.2) is 32.3 Å². The summed E-state index contributed by atoms with van der Waals surface area (Å²) in [6, 6.07) is 1.71. The molecule has 0 aliphatic carbocycles. The molecule has 2 atom stereocenters. The molecular weight excluding hydrogens is 242 g/mol. The Morgan fingerprint density at radius 2 is 2.29 bits per heavy atom. The largest absolute Gasteiger partial charge is 0.465 e. The summed E-state index contributed by atoms with van der Waals surface area (Å²) in [5.74, 6) is 0. The van der Waals surface area contributed by atoms with Crippen LogP contribution in [0.2, 0.25) is 5.15 Å². The van der Waals surface area contributed by atoms with Crippen molar-refractivity contribution in [3.05, 3.63) is 22.5 Å². The van der Waals surface area contributed by atoms with Crippen LogP contribution < -0.4 is 0 Å². The first-order valence-corrected chi connectivity index (χ1v) is 6.08. The van der Waals surface area contributed by atoms with Crippen molar-refractivity contribution in [3.8, 4) is 0 Å². The Balaban J connectivity index is 2.09. The van der Waals surface area contributed by atoms with Crippen LogP contribution >= 0.6 is 11.6 Å². The topological polar surface area (TPSA) is 66.3 Å². The third kappa shape index (κ3) is 1.65. The lowest BCUT2D eigenvalue weighted by atomic mass is 9.83. The molecule has 2 aliphatic rings. The number of carboxylic acid groups (broad SMARTS) is 1. The van der Waals surface area contributed by atoms with Crippen molar-refractivity contribution in [2.75, 3.05) is 0 Å². The van der Waals surface area contributed by atoms with E-state index < -0.39 is 6.09 Å². The predicted octanol–water partition coefficient (Wildman–Crippen LogP) is 2.26. The summed E-state index contributed by atoms with van der Waals surface area (Å²) in [4.78, 5) is 12.9. The molecule has 5 nitrogen and oxygen atoms in total. The molecule has 1 aromatic rings. The molecule has 2 aliphatic heterocycles. The number of nitrogens with zero attached hydrogens (tertiary/aromatic N) is 3. The van der Waals surface area contributed by atoms with Crippen LogP contribution in [0.1, 0.15) is 36.6 Å². The van der Waals surface area contributed by atoms with E-state index in [1.807, 2.05) is 0 Å². The second-order valence-electron chi connectivity index (χ2n) is 4.56. The first kappa shape index (κ1) is 10.8. The van der Waals surface area contributed by atoms with E-state index in [0.29, 0.717) is 11.6 Å².